The summed E-state index contributed by atoms with van der Waals surface area (Å²) < 4.78 is 39.4. The molecule has 0 saturated carbocycles. The van der Waals surface area contributed by atoms with Gasteiger partial charge >= 0.3 is 12.2 Å². The number of pyridine rings is 2. The molecule has 0 unspecified atom stereocenters. The molecular formula is C32H34F2N6O5. The topological polar surface area (TPSA) is 145 Å². The summed E-state index contributed by atoms with van der Waals surface area (Å²) in [5.74, 6) is 4.16. The lowest BCUT2D eigenvalue weighted by molar-refractivity contribution is 0.0101. The van der Waals surface area contributed by atoms with Crippen LogP contribution in [0.15, 0.2) is 48.7 Å². The Hall–Kier alpha value is -4.93. The lowest BCUT2D eigenvalue weighted by Gasteiger charge is -2.21. The van der Waals surface area contributed by atoms with Gasteiger partial charge in [-0.05, 0) is 95.8 Å². The van der Waals surface area contributed by atoms with Gasteiger partial charge in [-0.1, -0.05) is 5.92 Å². The fourth-order valence-electron chi connectivity index (χ4n) is 4.34. The van der Waals surface area contributed by atoms with Gasteiger partial charge < -0.3 is 20.3 Å². The fraction of sp³-hybridized carbons (Fsp3) is 0.344. The number of amides is 1. The average Bonchev–Trinajstić information content (AvgIpc) is 3.33. The van der Waals surface area contributed by atoms with Gasteiger partial charge in [0.05, 0.1) is 11.7 Å². The van der Waals surface area contributed by atoms with Gasteiger partial charge in [-0.2, -0.15) is 0 Å². The zero-order valence-corrected chi connectivity index (χ0v) is 25.8. The monoisotopic (exact) mass is 620 g/mol. The third-order valence-electron chi connectivity index (χ3n) is 6.18. The molecule has 0 aliphatic rings. The number of ether oxygens (including phenoxy) is 2. The van der Waals surface area contributed by atoms with E-state index in [2.05, 4.69) is 27.0 Å². The summed E-state index contributed by atoms with van der Waals surface area (Å²) in [6.07, 6.45) is -0.452. The number of hydrogen-bond donors (Lipinski definition) is 2. The van der Waals surface area contributed by atoms with Crippen LogP contribution in [-0.2, 0) is 15.9 Å². The van der Waals surface area contributed by atoms with Gasteiger partial charge in [-0.15, -0.1) is 10.2 Å². The second-order valence-electron chi connectivity index (χ2n) is 11.7. The van der Waals surface area contributed by atoms with Crippen LogP contribution in [0.5, 0.6) is 0 Å². The van der Waals surface area contributed by atoms with E-state index in [4.69, 9.17) is 15.2 Å². The van der Waals surface area contributed by atoms with Crippen LogP contribution in [0.1, 0.15) is 64.5 Å². The summed E-state index contributed by atoms with van der Waals surface area (Å²) in [4.78, 5) is 30.8. The van der Waals surface area contributed by atoms with Gasteiger partial charge in [0, 0.05) is 29.9 Å². The van der Waals surface area contributed by atoms with Gasteiger partial charge in [0.25, 0.3) is 0 Å². The number of carbonyl (C=O) groups is 2. The summed E-state index contributed by atoms with van der Waals surface area (Å²) >= 11 is 0. The van der Waals surface area contributed by atoms with Gasteiger partial charge in [0.1, 0.15) is 28.5 Å². The molecule has 13 heteroatoms. The maximum Gasteiger partial charge on any atom is 0.517 e. The maximum atomic E-state index is 13.9. The van der Waals surface area contributed by atoms with Crippen molar-refractivity contribution < 1.29 is 33.0 Å². The number of hydrogen-bond acceptors (Lipinski definition) is 9. The SMILES string of the molecule is CCN(C(=O)OC(=O)OC(C)(C)C)c1nnc2ccc(-c3ccc(C#CC(C)(C)O)nc3[C@@H](N)Cc3cc(F)cc(F)c3)cn12. The highest BCUT2D eigenvalue weighted by Gasteiger charge is 2.27. The van der Waals surface area contributed by atoms with Crippen LogP contribution in [0.25, 0.3) is 16.8 Å². The molecule has 1 atom stereocenters. The first-order valence-corrected chi connectivity index (χ1v) is 14.1. The minimum atomic E-state index is -1.27. The highest BCUT2D eigenvalue weighted by Crippen LogP contribution is 2.30. The minimum Gasteiger partial charge on any atom is -0.428 e. The highest BCUT2D eigenvalue weighted by molar-refractivity contribution is 5.92. The van der Waals surface area contributed by atoms with Crippen molar-refractivity contribution >= 4 is 23.8 Å². The molecule has 3 heterocycles. The Morgan fingerprint density at radius 3 is 2.38 bits per heavy atom. The Balaban J connectivity index is 1.76. The number of benzene rings is 1. The van der Waals surface area contributed by atoms with E-state index < -0.39 is 41.1 Å². The maximum absolute atomic E-state index is 13.9. The van der Waals surface area contributed by atoms with Crippen LogP contribution >= 0.6 is 0 Å². The van der Waals surface area contributed by atoms with Crippen LogP contribution in [-0.4, -0.2) is 54.7 Å². The van der Waals surface area contributed by atoms with Crippen LogP contribution in [0.2, 0.25) is 0 Å². The summed E-state index contributed by atoms with van der Waals surface area (Å²) in [7, 11) is 0. The van der Waals surface area contributed by atoms with Gasteiger partial charge in [-0.3, -0.25) is 4.40 Å². The zero-order valence-electron chi connectivity index (χ0n) is 25.8. The molecule has 0 aliphatic heterocycles. The molecule has 1 aromatic carbocycles. The summed E-state index contributed by atoms with van der Waals surface area (Å²) in [6.45, 7) is 9.75. The molecule has 3 aromatic heterocycles. The molecule has 0 bridgehead atoms. The Labute approximate surface area is 259 Å². The van der Waals surface area contributed by atoms with E-state index in [9.17, 15) is 23.5 Å². The molecule has 0 radical (unpaired) electrons. The predicted molar refractivity (Wildman–Crippen MR) is 162 cm³/mol. The largest absolute Gasteiger partial charge is 0.517 e. The standard InChI is InChI=1S/C32H34F2N6O5/c1-7-39(29(41)44-30(42)45-31(2,3)4)28-38-37-26-11-8-20(18-40(26)28)24-10-9-23(12-13-32(5,6)43)36-27(24)25(35)16-19-14-21(33)17-22(34)15-19/h8-11,14-15,17-18,25,43H,7,16,35H2,1-6H3/t25-/m0/s1. The third-order valence-corrected chi connectivity index (χ3v) is 6.18. The Kier molecular flexibility index (Phi) is 9.50. The minimum absolute atomic E-state index is 0.0529. The van der Waals surface area contributed by atoms with Crippen molar-refractivity contribution in [3.8, 4) is 23.0 Å². The van der Waals surface area contributed by atoms with Crippen molar-refractivity contribution in [3.63, 3.8) is 0 Å². The van der Waals surface area contributed by atoms with Crippen LogP contribution in [0.3, 0.4) is 0 Å². The number of anilines is 1. The fourth-order valence-corrected chi connectivity index (χ4v) is 4.34. The average molecular weight is 621 g/mol. The van der Waals surface area contributed by atoms with E-state index >= 15 is 0 Å². The van der Waals surface area contributed by atoms with Crippen molar-refractivity contribution in [1.29, 1.82) is 0 Å². The molecule has 0 spiro atoms. The third kappa shape index (κ3) is 8.59. The molecule has 4 aromatic rings. The van der Waals surface area contributed by atoms with Crippen molar-refractivity contribution in [2.45, 2.75) is 65.2 Å². The number of rotatable bonds is 6. The van der Waals surface area contributed by atoms with Gasteiger partial charge in [0.15, 0.2) is 5.65 Å². The number of carbonyl (C=O) groups excluding carboxylic acids is 2. The lowest BCUT2D eigenvalue weighted by atomic mass is 9.96. The molecular weight excluding hydrogens is 586 g/mol. The van der Waals surface area contributed by atoms with E-state index in [0.29, 0.717) is 33.7 Å². The molecule has 3 N–H and O–H groups in total. The molecule has 0 fully saturated rings. The molecule has 4 rings (SSSR count). The molecule has 0 aliphatic carbocycles. The first kappa shape index (κ1) is 33.0. The van der Waals surface area contributed by atoms with E-state index in [0.717, 1.165) is 11.0 Å². The Bertz CT molecular complexity index is 1780. The van der Waals surface area contributed by atoms with Crippen molar-refractivity contribution in [1.82, 2.24) is 19.6 Å². The van der Waals surface area contributed by atoms with E-state index in [-0.39, 0.29) is 18.9 Å². The first-order valence-electron chi connectivity index (χ1n) is 14.1. The second-order valence-corrected chi connectivity index (χ2v) is 11.7. The molecule has 0 saturated heterocycles. The van der Waals surface area contributed by atoms with Crippen molar-refractivity contribution in [2.75, 3.05) is 11.4 Å². The van der Waals surface area contributed by atoms with E-state index in [1.165, 1.54) is 30.4 Å². The van der Waals surface area contributed by atoms with Crippen LogP contribution in [0, 0.1) is 23.5 Å². The highest BCUT2D eigenvalue weighted by atomic mass is 19.1. The van der Waals surface area contributed by atoms with E-state index in [1.807, 2.05) is 0 Å². The van der Waals surface area contributed by atoms with Crippen LogP contribution < -0.4 is 10.6 Å². The molecule has 11 nitrogen and oxygen atoms in total. The normalized spacial score (nSPS) is 12.3. The van der Waals surface area contributed by atoms with Crippen molar-refractivity contribution in [2.24, 2.45) is 5.73 Å². The van der Waals surface area contributed by atoms with E-state index in [1.54, 1.807) is 58.2 Å². The second kappa shape index (κ2) is 13.0. The summed E-state index contributed by atoms with van der Waals surface area (Å²) in [5.41, 5.74) is 7.02. The molecule has 45 heavy (non-hydrogen) atoms. The van der Waals surface area contributed by atoms with Gasteiger partial charge in [0.2, 0.25) is 5.95 Å². The smallest absolute Gasteiger partial charge is 0.428 e. The molecule has 1 amide bonds. The lowest BCUT2D eigenvalue weighted by Crippen LogP contribution is -2.36. The number of aliphatic hydroxyl groups is 1. The Morgan fingerprint density at radius 2 is 1.76 bits per heavy atom. The predicted octanol–water partition coefficient (Wildman–Crippen LogP) is 5.33. The number of nitrogens with zero attached hydrogens (tertiary/aromatic N) is 5. The summed E-state index contributed by atoms with van der Waals surface area (Å²) in [6, 6.07) is 9.16. The number of fused-ring (bicyclic) bond motifs is 1. The Morgan fingerprint density at radius 1 is 1.07 bits per heavy atom. The summed E-state index contributed by atoms with van der Waals surface area (Å²) in [5, 5.41) is 18.3. The van der Waals surface area contributed by atoms with Crippen LogP contribution in [0.4, 0.5) is 24.3 Å². The quantitative estimate of drug-likeness (QED) is 0.166. The van der Waals surface area contributed by atoms with Gasteiger partial charge in [-0.25, -0.2) is 28.3 Å². The molecule has 236 valence electrons. The number of halogens is 2. The number of aromatic nitrogens is 4. The zero-order chi connectivity index (χ0) is 33.1. The number of nitrogens with two attached hydrogens (primary N) is 1. The van der Waals surface area contributed by atoms with Crippen molar-refractivity contribution in [3.05, 3.63) is 77.2 Å². The first-order chi connectivity index (χ1) is 21.0.